The first-order chi connectivity index (χ1) is 10.1. The Morgan fingerprint density at radius 3 is 2.48 bits per heavy atom. The van der Waals surface area contributed by atoms with Gasteiger partial charge < -0.3 is 9.15 Å². The van der Waals surface area contributed by atoms with Crippen molar-refractivity contribution in [3.05, 3.63) is 67.8 Å². The highest BCUT2D eigenvalue weighted by Crippen LogP contribution is 2.17. The van der Waals surface area contributed by atoms with E-state index in [2.05, 4.69) is 15.9 Å². The molecule has 3 rings (SSSR count). The van der Waals surface area contributed by atoms with Crippen LogP contribution in [0.25, 0.3) is 16.7 Å². The number of ether oxygens (including phenoxy) is 1. The van der Waals surface area contributed by atoms with Gasteiger partial charge in [0, 0.05) is 4.47 Å². The van der Waals surface area contributed by atoms with E-state index in [-0.39, 0.29) is 5.58 Å². The SMILES string of the molecule is COc1ccc(-n2c(=O)oc3ccc(Br)cc3c2=O)cc1. The summed E-state index contributed by atoms with van der Waals surface area (Å²) in [4.78, 5) is 24.6. The Bertz CT molecular complexity index is 925. The first-order valence-electron chi connectivity index (χ1n) is 6.10. The molecule has 106 valence electrons. The Kier molecular flexibility index (Phi) is 3.39. The molecule has 21 heavy (non-hydrogen) atoms. The molecule has 0 spiro atoms. The minimum Gasteiger partial charge on any atom is -0.497 e. The van der Waals surface area contributed by atoms with Gasteiger partial charge in [0.1, 0.15) is 11.3 Å². The summed E-state index contributed by atoms with van der Waals surface area (Å²) in [5, 5.41) is 0.333. The van der Waals surface area contributed by atoms with Gasteiger partial charge in [0.15, 0.2) is 0 Å². The molecule has 0 unspecified atom stereocenters. The topological polar surface area (TPSA) is 61.4 Å². The van der Waals surface area contributed by atoms with Crippen LogP contribution in [0.1, 0.15) is 0 Å². The molecule has 6 heteroatoms. The van der Waals surface area contributed by atoms with Gasteiger partial charge in [0.05, 0.1) is 18.2 Å². The van der Waals surface area contributed by atoms with Gasteiger partial charge in [-0.3, -0.25) is 4.79 Å². The minimum absolute atomic E-state index is 0.262. The zero-order valence-electron chi connectivity index (χ0n) is 11.0. The van der Waals surface area contributed by atoms with E-state index in [1.807, 2.05) is 0 Å². The van der Waals surface area contributed by atoms with Crippen LogP contribution >= 0.6 is 15.9 Å². The Morgan fingerprint density at radius 1 is 1.10 bits per heavy atom. The fraction of sp³-hybridized carbons (Fsp3) is 0.0667. The predicted molar refractivity (Wildman–Crippen MR) is 82.3 cm³/mol. The van der Waals surface area contributed by atoms with Crippen molar-refractivity contribution in [3.63, 3.8) is 0 Å². The van der Waals surface area contributed by atoms with Crippen LogP contribution in [0.15, 0.2) is 60.9 Å². The van der Waals surface area contributed by atoms with Gasteiger partial charge in [-0.05, 0) is 42.5 Å². The lowest BCUT2D eigenvalue weighted by atomic mass is 10.2. The second-order valence-corrected chi connectivity index (χ2v) is 5.26. The highest BCUT2D eigenvalue weighted by Gasteiger charge is 2.11. The quantitative estimate of drug-likeness (QED) is 0.715. The summed E-state index contributed by atoms with van der Waals surface area (Å²) in [6.07, 6.45) is 0. The fourth-order valence-electron chi connectivity index (χ4n) is 2.06. The van der Waals surface area contributed by atoms with Gasteiger partial charge in [0.25, 0.3) is 5.56 Å². The molecule has 0 atom stereocenters. The average Bonchev–Trinajstić information content (AvgIpc) is 2.49. The lowest BCUT2D eigenvalue weighted by Crippen LogP contribution is -2.30. The monoisotopic (exact) mass is 347 g/mol. The van der Waals surface area contributed by atoms with E-state index >= 15 is 0 Å². The maximum Gasteiger partial charge on any atom is 0.426 e. The molecular formula is C15H10BrNO4. The third-order valence-electron chi connectivity index (χ3n) is 3.09. The molecule has 0 saturated carbocycles. The average molecular weight is 348 g/mol. The van der Waals surface area contributed by atoms with Crippen molar-refractivity contribution in [2.45, 2.75) is 0 Å². The summed E-state index contributed by atoms with van der Waals surface area (Å²) < 4.78 is 12.0. The van der Waals surface area contributed by atoms with E-state index in [0.29, 0.717) is 16.8 Å². The van der Waals surface area contributed by atoms with Crippen molar-refractivity contribution in [1.29, 1.82) is 0 Å². The van der Waals surface area contributed by atoms with Crippen LogP contribution in [0.2, 0.25) is 0 Å². The van der Waals surface area contributed by atoms with Gasteiger partial charge >= 0.3 is 5.76 Å². The standard InChI is InChI=1S/C15H10BrNO4/c1-20-11-5-3-10(4-6-11)17-14(18)12-8-9(16)2-7-13(12)21-15(17)19/h2-8H,1H3. The van der Waals surface area contributed by atoms with Crippen LogP contribution in [-0.2, 0) is 0 Å². The third kappa shape index (κ3) is 2.38. The van der Waals surface area contributed by atoms with Crippen molar-refractivity contribution < 1.29 is 9.15 Å². The van der Waals surface area contributed by atoms with E-state index < -0.39 is 11.3 Å². The number of methoxy groups -OCH3 is 1. The molecule has 0 saturated heterocycles. The third-order valence-corrected chi connectivity index (χ3v) is 3.58. The maximum atomic E-state index is 12.5. The summed E-state index contributed by atoms with van der Waals surface area (Å²) in [5.74, 6) is -0.0836. The summed E-state index contributed by atoms with van der Waals surface area (Å²) >= 11 is 3.30. The number of nitrogens with zero attached hydrogens (tertiary/aromatic N) is 1. The van der Waals surface area contributed by atoms with Gasteiger partial charge in [-0.15, -0.1) is 0 Å². The molecule has 0 aliphatic heterocycles. The van der Waals surface area contributed by atoms with E-state index in [9.17, 15) is 9.59 Å². The first kappa shape index (κ1) is 13.6. The number of halogens is 1. The van der Waals surface area contributed by atoms with E-state index in [1.54, 1.807) is 49.6 Å². The van der Waals surface area contributed by atoms with Crippen molar-refractivity contribution in [2.75, 3.05) is 7.11 Å². The molecule has 0 fully saturated rings. The zero-order chi connectivity index (χ0) is 15.0. The molecule has 0 amide bonds. The van der Waals surface area contributed by atoms with Gasteiger partial charge in [-0.25, -0.2) is 9.36 Å². The predicted octanol–water partition coefficient (Wildman–Crippen LogP) is 2.72. The van der Waals surface area contributed by atoms with Crippen molar-refractivity contribution in [3.8, 4) is 11.4 Å². The molecule has 1 aromatic heterocycles. The van der Waals surface area contributed by atoms with Gasteiger partial charge in [0.2, 0.25) is 0 Å². The van der Waals surface area contributed by atoms with Crippen LogP contribution in [0.5, 0.6) is 5.75 Å². The number of benzene rings is 2. The molecule has 2 aromatic carbocycles. The molecule has 0 aliphatic carbocycles. The summed E-state index contributed by atoms with van der Waals surface area (Å²) in [5.41, 5.74) is 0.266. The summed E-state index contributed by atoms with van der Waals surface area (Å²) in [6.45, 7) is 0. The Labute approximate surface area is 127 Å². The minimum atomic E-state index is -0.722. The smallest absolute Gasteiger partial charge is 0.426 e. The van der Waals surface area contributed by atoms with Gasteiger partial charge in [-0.1, -0.05) is 15.9 Å². The van der Waals surface area contributed by atoms with Crippen LogP contribution in [-0.4, -0.2) is 11.7 Å². The highest BCUT2D eigenvalue weighted by atomic mass is 79.9. The molecule has 0 radical (unpaired) electrons. The number of fused-ring (bicyclic) bond motifs is 1. The lowest BCUT2D eigenvalue weighted by Gasteiger charge is -2.06. The highest BCUT2D eigenvalue weighted by molar-refractivity contribution is 9.10. The second-order valence-electron chi connectivity index (χ2n) is 4.35. The fourth-order valence-corrected chi connectivity index (χ4v) is 2.42. The van der Waals surface area contributed by atoms with Gasteiger partial charge in [-0.2, -0.15) is 0 Å². The Morgan fingerprint density at radius 2 is 1.81 bits per heavy atom. The normalized spacial score (nSPS) is 10.8. The van der Waals surface area contributed by atoms with Crippen LogP contribution in [0, 0.1) is 0 Å². The number of hydrogen-bond acceptors (Lipinski definition) is 4. The van der Waals surface area contributed by atoms with Crippen LogP contribution in [0.3, 0.4) is 0 Å². The largest absolute Gasteiger partial charge is 0.497 e. The molecule has 0 aliphatic rings. The molecule has 0 N–H and O–H groups in total. The summed E-state index contributed by atoms with van der Waals surface area (Å²) in [7, 11) is 1.54. The number of aromatic nitrogens is 1. The number of rotatable bonds is 2. The van der Waals surface area contributed by atoms with E-state index in [4.69, 9.17) is 9.15 Å². The molecule has 3 aromatic rings. The van der Waals surface area contributed by atoms with Crippen molar-refractivity contribution in [2.24, 2.45) is 0 Å². The molecule has 0 bridgehead atoms. The van der Waals surface area contributed by atoms with E-state index in [0.717, 1.165) is 9.04 Å². The molecule has 1 heterocycles. The Balaban J connectivity index is 2.31. The maximum absolute atomic E-state index is 12.5. The molecule has 5 nitrogen and oxygen atoms in total. The lowest BCUT2D eigenvalue weighted by molar-refractivity contribution is 0.414. The molecular weight excluding hydrogens is 338 g/mol. The number of hydrogen-bond donors (Lipinski definition) is 0. The first-order valence-corrected chi connectivity index (χ1v) is 6.89. The van der Waals surface area contributed by atoms with Crippen molar-refractivity contribution >= 4 is 26.9 Å². The zero-order valence-corrected chi connectivity index (χ0v) is 12.6. The Hall–Kier alpha value is -2.34. The van der Waals surface area contributed by atoms with Crippen LogP contribution < -0.4 is 16.1 Å². The van der Waals surface area contributed by atoms with Crippen LogP contribution in [0.4, 0.5) is 0 Å². The van der Waals surface area contributed by atoms with Crippen molar-refractivity contribution in [1.82, 2.24) is 4.57 Å². The second kappa shape index (κ2) is 5.21. The summed E-state index contributed by atoms with van der Waals surface area (Å²) in [6, 6.07) is 11.5. The van der Waals surface area contributed by atoms with E-state index in [1.165, 1.54) is 0 Å².